The first kappa shape index (κ1) is 32.4. The van der Waals surface area contributed by atoms with Crippen molar-refractivity contribution in [3.05, 3.63) is 72.0 Å². The Morgan fingerprint density at radius 1 is 1.20 bits per heavy atom. The molecule has 1 aliphatic carbocycles. The zero-order valence-corrected chi connectivity index (χ0v) is 30.2. The summed E-state index contributed by atoms with van der Waals surface area (Å²) >= 11 is 4.08. The summed E-state index contributed by atoms with van der Waals surface area (Å²) in [7, 11) is 2.27. The van der Waals surface area contributed by atoms with Gasteiger partial charge >= 0.3 is 6.01 Å². The molecule has 6 heterocycles. The van der Waals surface area contributed by atoms with Gasteiger partial charge in [0, 0.05) is 53.1 Å². The summed E-state index contributed by atoms with van der Waals surface area (Å²) in [5.41, 5.74) is 4.94. The Bertz CT molecular complexity index is 1920. The van der Waals surface area contributed by atoms with Crippen molar-refractivity contribution in [2.24, 2.45) is 5.92 Å². The molecule has 2 saturated heterocycles. The number of fused-ring (bicyclic) bond motifs is 2. The van der Waals surface area contributed by atoms with Crippen LogP contribution in [0.5, 0.6) is 6.01 Å². The summed E-state index contributed by atoms with van der Waals surface area (Å²) in [6, 6.07) is 8.91. The van der Waals surface area contributed by atoms with Crippen molar-refractivity contribution in [2.45, 2.75) is 73.2 Å². The lowest BCUT2D eigenvalue weighted by Crippen LogP contribution is -2.42. The van der Waals surface area contributed by atoms with E-state index in [4.69, 9.17) is 14.7 Å². The van der Waals surface area contributed by atoms with Gasteiger partial charge < -0.3 is 19.4 Å². The molecule has 254 valence electrons. The lowest BCUT2D eigenvalue weighted by atomic mass is 10.0. The molecular weight excluding hydrogens is 653 g/mol. The Labute approximate surface area is 296 Å². The predicted octanol–water partition coefficient (Wildman–Crippen LogP) is 5.87. The Kier molecular flexibility index (Phi) is 8.08. The molecule has 4 aliphatic heterocycles. The van der Waals surface area contributed by atoms with Crippen LogP contribution in [0.25, 0.3) is 10.8 Å². The third kappa shape index (κ3) is 5.73. The largest absolute Gasteiger partial charge is 0.462 e. The van der Waals surface area contributed by atoms with Crippen LogP contribution in [0.2, 0.25) is 0 Å². The Balaban J connectivity index is 1.09. The summed E-state index contributed by atoms with van der Waals surface area (Å²) in [6.07, 6.45) is 10.6. The molecule has 12 heteroatoms. The van der Waals surface area contributed by atoms with Crippen LogP contribution < -0.4 is 14.5 Å². The van der Waals surface area contributed by atoms with Crippen LogP contribution in [0.4, 0.5) is 11.5 Å². The van der Waals surface area contributed by atoms with E-state index in [1.54, 1.807) is 4.90 Å². The fraction of sp³-hybridized carbons (Fsp3) is 0.486. The molecule has 10 nitrogen and oxygen atoms in total. The quantitative estimate of drug-likeness (QED) is 0.188. The zero-order valence-electron chi connectivity index (χ0n) is 28.6. The van der Waals surface area contributed by atoms with E-state index < -0.39 is 0 Å². The van der Waals surface area contributed by atoms with Gasteiger partial charge in [-0.1, -0.05) is 24.8 Å². The zero-order chi connectivity index (χ0) is 34.1. The SMILES string of the molecule is C=CC(=O)N1CCN(c2nc(OCC3S[C@]3(C)N(C)C3S[C@]3(C)C3CC3)nc3c2CCN(c2cncc4cccc(C)c24)C3)C=C1CC#N. The number of allylic oxidation sites excluding steroid dienone is 1. The molecule has 1 aromatic carbocycles. The number of nitrogens with zero attached hydrogens (tertiary/aromatic N) is 8. The summed E-state index contributed by atoms with van der Waals surface area (Å²) < 4.78 is 6.88. The first-order chi connectivity index (χ1) is 23.6. The molecule has 4 atom stereocenters. The number of carbonyl (C=O) groups is 1. The summed E-state index contributed by atoms with van der Waals surface area (Å²) in [5.74, 6) is 1.44. The molecule has 49 heavy (non-hydrogen) atoms. The number of carbonyl (C=O) groups excluding carboxylic acids is 1. The van der Waals surface area contributed by atoms with Gasteiger partial charge in [0.1, 0.15) is 12.4 Å². The molecule has 3 aromatic rings. The molecule has 0 radical (unpaired) electrons. The third-order valence-electron chi connectivity index (χ3n) is 11.0. The monoisotopic (exact) mass is 694 g/mol. The number of aryl methyl sites for hydroxylation is 1. The fourth-order valence-corrected chi connectivity index (χ4v) is 10.5. The average Bonchev–Trinajstić information content (AvgIpc) is 4.03. The number of hydrogen-bond donors (Lipinski definition) is 0. The highest BCUT2D eigenvalue weighted by Gasteiger charge is 2.67. The van der Waals surface area contributed by atoms with Crippen LogP contribution in [0.15, 0.2) is 55.1 Å². The van der Waals surface area contributed by atoms with Crippen LogP contribution in [0.1, 0.15) is 49.9 Å². The Hall–Kier alpha value is -3.79. The highest BCUT2D eigenvalue weighted by molar-refractivity contribution is 8.09. The van der Waals surface area contributed by atoms with Crippen LogP contribution >= 0.6 is 23.5 Å². The highest BCUT2D eigenvalue weighted by Crippen LogP contribution is 2.69. The number of benzene rings is 1. The molecule has 0 bridgehead atoms. The first-order valence-electron chi connectivity index (χ1n) is 17.1. The lowest BCUT2D eigenvalue weighted by Gasteiger charge is -2.36. The molecule has 5 aliphatic rings. The number of amides is 1. The normalized spacial score (nSPS) is 27.4. The van der Waals surface area contributed by atoms with Gasteiger partial charge in [0.2, 0.25) is 5.91 Å². The van der Waals surface area contributed by atoms with E-state index in [1.807, 2.05) is 30.4 Å². The van der Waals surface area contributed by atoms with Gasteiger partial charge in [-0.3, -0.25) is 14.7 Å². The molecular formula is C37H42N8O2S2. The van der Waals surface area contributed by atoms with Crippen LogP contribution in [0, 0.1) is 24.2 Å². The third-order valence-corrected chi connectivity index (χ3v) is 14.6. The van der Waals surface area contributed by atoms with E-state index >= 15 is 0 Å². The van der Waals surface area contributed by atoms with E-state index in [1.165, 1.54) is 29.9 Å². The number of ether oxygens (including phenoxy) is 1. The standard InChI is InChI=1S/C37H42N8O2S2/c1-6-31(46)45-17-16-44(20-26(45)12-14-38)33-27-13-15-43(29-19-39-18-24-9-7-8-23(2)32(24)29)21-28(27)40-35(41-33)47-22-30-37(4,48-30)42(5)34-36(3,49-34)25-10-11-25/h6-9,18-20,25,30,34H,1,10-13,15-17,21-22H2,2-5H3/t30?,34?,36-,37+/m1/s1. The molecule has 0 spiro atoms. The number of aromatic nitrogens is 3. The molecule has 1 saturated carbocycles. The van der Waals surface area contributed by atoms with Crippen molar-refractivity contribution < 1.29 is 9.53 Å². The maximum atomic E-state index is 12.6. The predicted molar refractivity (Wildman–Crippen MR) is 196 cm³/mol. The number of nitriles is 1. The number of thioether (sulfide) groups is 2. The molecule has 8 rings (SSSR count). The topological polar surface area (TPSA) is 102 Å². The van der Waals surface area contributed by atoms with Crippen LogP contribution in [-0.4, -0.2) is 84.2 Å². The van der Waals surface area contributed by atoms with Gasteiger partial charge in [-0.2, -0.15) is 15.2 Å². The van der Waals surface area contributed by atoms with E-state index in [-0.39, 0.29) is 17.2 Å². The molecule has 2 aromatic heterocycles. The van der Waals surface area contributed by atoms with Crippen molar-refractivity contribution in [3.63, 3.8) is 0 Å². The molecule has 3 fully saturated rings. The Morgan fingerprint density at radius 2 is 2.04 bits per heavy atom. The first-order valence-corrected chi connectivity index (χ1v) is 18.9. The minimum absolute atomic E-state index is 0.0281. The van der Waals surface area contributed by atoms with E-state index in [2.05, 4.69) is 90.1 Å². The number of pyridine rings is 1. The summed E-state index contributed by atoms with van der Waals surface area (Å²) in [5, 5.41) is 12.8. The van der Waals surface area contributed by atoms with Crippen molar-refractivity contribution in [1.29, 1.82) is 5.26 Å². The van der Waals surface area contributed by atoms with Gasteiger partial charge in [0.15, 0.2) is 0 Å². The van der Waals surface area contributed by atoms with Gasteiger partial charge in [-0.15, -0.1) is 23.5 Å². The maximum absolute atomic E-state index is 12.6. The van der Waals surface area contributed by atoms with Crippen molar-refractivity contribution in [2.75, 3.05) is 43.1 Å². The van der Waals surface area contributed by atoms with E-state index in [0.717, 1.165) is 47.0 Å². The second-order valence-electron chi connectivity index (χ2n) is 14.1. The molecule has 2 unspecified atom stereocenters. The number of hydrogen-bond acceptors (Lipinski definition) is 11. The van der Waals surface area contributed by atoms with Crippen LogP contribution in [-0.2, 0) is 17.8 Å². The maximum Gasteiger partial charge on any atom is 0.318 e. The second-order valence-corrected chi connectivity index (χ2v) is 17.3. The smallest absolute Gasteiger partial charge is 0.318 e. The summed E-state index contributed by atoms with van der Waals surface area (Å²) in [4.78, 5) is 35.9. The molecule has 1 amide bonds. The van der Waals surface area contributed by atoms with Crippen LogP contribution in [0.3, 0.4) is 0 Å². The lowest BCUT2D eigenvalue weighted by molar-refractivity contribution is -0.124. The van der Waals surface area contributed by atoms with Crippen molar-refractivity contribution in [1.82, 2.24) is 24.8 Å². The minimum atomic E-state index is -0.207. The summed E-state index contributed by atoms with van der Waals surface area (Å²) in [6.45, 7) is 13.4. The van der Waals surface area contributed by atoms with Gasteiger partial charge in [-0.25, -0.2) is 0 Å². The fourth-order valence-electron chi connectivity index (χ4n) is 7.71. The van der Waals surface area contributed by atoms with Crippen molar-refractivity contribution >= 4 is 51.7 Å². The Morgan fingerprint density at radius 3 is 2.82 bits per heavy atom. The van der Waals surface area contributed by atoms with E-state index in [0.29, 0.717) is 53.3 Å². The van der Waals surface area contributed by atoms with Gasteiger partial charge in [0.25, 0.3) is 0 Å². The second kappa shape index (κ2) is 12.2. The van der Waals surface area contributed by atoms with Gasteiger partial charge in [-0.05, 0) is 64.6 Å². The minimum Gasteiger partial charge on any atom is -0.462 e. The number of rotatable bonds is 10. The highest BCUT2D eigenvalue weighted by atomic mass is 32.2. The van der Waals surface area contributed by atoms with Gasteiger partial charge in [0.05, 0.1) is 57.8 Å². The van der Waals surface area contributed by atoms with E-state index in [9.17, 15) is 10.1 Å². The van der Waals surface area contributed by atoms with Crippen molar-refractivity contribution in [3.8, 4) is 12.1 Å². The number of anilines is 2. The molecule has 0 N–H and O–H groups in total. The average molecular weight is 695 g/mol.